The molecule has 0 heterocycles. The van der Waals surface area contributed by atoms with Crippen LogP contribution in [-0.4, -0.2) is 6.61 Å². The molecule has 1 nitrogen and oxygen atoms in total. The summed E-state index contributed by atoms with van der Waals surface area (Å²) in [6, 6.07) is 16.1. The van der Waals surface area contributed by atoms with Crippen molar-refractivity contribution >= 4 is 0 Å². The minimum atomic E-state index is -2.77. The zero-order valence-electron chi connectivity index (χ0n) is 18.3. The summed E-state index contributed by atoms with van der Waals surface area (Å²) in [6.45, 7) is -0.488. The van der Waals surface area contributed by atoms with Crippen LogP contribution < -0.4 is 4.74 Å². The van der Waals surface area contributed by atoms with Gasteiger partial charge in [0.15, 0.2) is 0 Å². The van der Waals surface area contributed by atoms with Gasteiger partial charge in [0.25, 0.3) is 0 Å². The molecule has 0 spiro atoms. The molecule has 0 amide bonds. The highest BCUT2D eigenvalue weighted by Crippen LogP contribution is 2.37. The van der Waals surface area contributed by atoms with Crippen molar-refractivity contribution in [1.82, 2.24) is 0 Å². The minimum Gasteiger partial charge on any atom is -0.435 e. The van der Waals surface area contributed by atoms with E-state index < -0.39 is 6.61 Å². The van der Waals surface area contributed by atoms with Crippen molar-refractivity contribution in [3.63, 3.8) is 0 Å². The normalized spacial score (nSPS) is 19.2. The maximum Gasteiger partial charge on any atom is 0.387 e. The number of aryl methyl sites for hydroxylation is 2. The van der Waals surface area contributed by atoms with Crippen LogP contribution in [0, 0.1) is 5.92 Å². The molecule has 0 atom stereocenters. The summed E-state index contributed by atoms with van der Waals surface area (Å²) in [4.78, 5) is 0. The molecule has 3 heteroatoms. The summed E-state index contributed by atoms with van der Waals surface area (Å²) in [6.07, 6.45) is 14.3. The van der Waals surface area contributed by atoms with Gasteiger partial charge in [-0.1, -0.05) is 75.4 Å². The highest BCUT2D eigenvalue weighted by Gasteiger charge is 2.21. The Labute approximate surface area is 180 Å². The van der Waals surface area contributed by atoms with Gasteiger partial charge in [-0.05, 0) is 79.2 Å². The van der Waals surface area contributed by atoms with Gasteiger partial charge in [-0.3, -0.25) is 0 Å². The molecule has 1 fully saturated rings. The Bertz CT molecular complexity index is 716. The molecule has 1 aliphatic rings. The SMILES string of the molecule is CCCCCC[C@H]1CC[C@H](c2ccc(CCc3ccc(OC(F)F)cc3)cc2)CC1. The lowest BCUT2D eigenvalue weighted by Crippen LogP contribution is -2.13. The molecule has 0 bridgehead atoms. The standard InChI is InChI=1S/C27H36F2O/c1-2-3-4-5-6-21-9-15-24(16-10-21)25-17-11-22(12-18-25)7-8-23-13-19-26(20-14-23)30-27(28)29/h11-14,17-21,24,27H,2-10,15-16H2,1H3/t21-,24-. The molecule has 0 radical (unpaired) electrons. The Morgan fingerprint density at radius 3 is 1.97 bits per heavy atom. The first-order chi connectivity index (χ1) is 14.6. The van der Waals surface area contributed by atoms with Crippen LogP contribution in [0.4, 0.5) is 8.78 Å². The molecule has 1 aliphatic carbocycles. The van der Waals surface area contributed by atoms with Gasteiger partial charge in [-0.15, -0.1) is 0 Å². The van der Waals surface area contributed by atoms with Crippen molar-refractivity contribution in [2.45, 2.75) is 90.1 Å². The lowest BCUT2D eigenvalue weighted by atomic mass is 9.77. The van der Waals surface area contributed by atoms with Gasteiger partial charge in [0.2, 0.25) is 0 Å². The Hall–Kier alpha value is -1.90. The summed E-state index contributed by atoms with van der Waals surface area (Å²) in [5.74, 6) is 1.90. The molecule has 2 aromatic carbocycles. The highest BCUT2D eigenvalue weighted by atomic mass is 19.3. The monoisotopic (exact) mass is 414 g/mol. The van der Waals surface area contributed by atoms with E-state index in [-0.39, 0.29) is 5.75 Å². The smallest absolute Gasteiger partial charge is 0.387 e. The first kappa shape index (κ1) is 22.8. The number of halogens is 2. The molecule has 0 unspecified atom stereocenters. The van der Waals surface area contributed by atoms with Gasteiger partial charge in [0.1, 0.15) is 5.75 Å². The van der Waals surface area contributed by atoms with E-state index in [1.165, 1.54) is 68.9 Å². The van der Waals surface area contributed by atoms with Crippen LogP contribution in [0.1, 0.15) is 87.3 Å². The zero-order chi connectivity index (χ0) is 21.2. The van der Waals surface area contributed by atoms with Crippen LogP contribution in [0.3, 0.4) is 0 Å². The molecule has 1 saturated carbocycles. The second kappa shape index (κ2) is 12.1. The van der Waals surface area contributed by atoms with Gasteiger partial charge in [0, 0.05) is 0 Å². The molecular weight excluding hydrogens is 378 g/mol. The van der Waals surface area contributed by atoms with Crippen LogP contribution in [0.25, 0.3) is 0 Å². The molecule has 0 aromatic heterocycles. The first-order valence-electron chi connectivity index (χ1n) is 11.8. The van der Waals surface area contributed by atoms with E-state index in [1.54, 1.807) is 12.1 Å². The number of ether oxygens (including phenoxy) is 1. The van der Waals surface area contributed by atoms with Crippen molar-refractivity contribution < 1.29 is 13.5 Å². The third-order valence-electron chi connectivity index (χ3n) is 6.61. The van der Waals surface area contributed by atoms with Gasteiger partial charge < -0.3 is 4.74 Å². The first-order valence-corrected chi connectivity index (χ1v) is 11.8. The molecular formula is C27H36F2O. The van der Waals surface area contributed by atoms with Crippen molar-refractivity contribution in [2.75, 3.05) is 0 Å². The molecule has 0 saturated heterocycles. The Morgan fingerprint density at radius 2 is 1.40 bits per heavy atom. The average molecular weight is 415 g/mol. The fraction of sp³-hybridized carbons (Fsp3) is 0.556. The van der Waals surface area contributed by atoms with Crippen molar-refractivity contribution in [1.29, 1.82) is 0 Å². The molecule has 30 heavy (non-hydrogen) atoms. The van der Waals surface area contributed by atoms with E-state index in [2.05, 4.69) is 35.9 Å². The largest absolute Gasteiger partial charge is 0.435 e. The van der Waals surface area contributed by atoms with Crippen molar-refractivity contribution in [3.8, 4) is 5.75 Å². The fourth-order valence-electron chi connectivity index (χ4n) is 4.73. The van der Waals surface area contributed by atoms with Gasteiger partial charge >= 0.3 is 6.61 Å². The molecule has 164 valence electrons. The van der Waals surface area contributed by atoms with E-state index in [1.807, 2.05) is 12.1 Å². The predicted octanol–water partition coefficient (Wildman–Crippen LogP) is 8.32. The highest BCUT2D eigenvalue weighted by molar-refractivity contribution is 5.30. The number of hydrogen-bond donors (Lipinski definition) is 0. The number of unbranched alkanes of at least 4 members (excludes halogenated alkanes) is 3. The zero-order valence-corrected chi connectivity index (χ0v) is 18.3. The fourth-order valence-corrected chi connectivity index (χ4v) is 4.73. The Morgan fingerprint density at radius 1 is 0.800 bits per heavy atom. The van der Waals surface area contributed by atoms with Crippen molar-refractivity contribution in [2.24, 2.45) is 5.92 Å². The van der Waals surface area contributed by atoms with Crippen LogP contribution in [0.15, 0.2) is 48.5 Å². The lowest BCUT2D eigenvalue weighted by Gasteiger charge is -2.29. The number of rotatable bonds is 11. The van der Waals surface area contributed by atoms with Gasteiger partial charge in [0.05, 0.1) is 0 Å². The molecule has 0 N–H and O–H groups in total. The van der Waals surface area contributed by atoms with E-state index >= 15 is 0 Å². The summed E-state index contributed by atoms with van der Waals surface area (Å²) in [7, 11) is 0. The van der Waals surface area contributed by atoms with E-state index in [4.69, 9.17) is 0 Å². The predicted molar refractivity (Wildman–Crippen MR) is 120 cm³/mol. The Kier molecular flexibility index (Phi) is 9.17. The summed E-state index contributed by atoms with van der Waals surface area (Å²) in [5, 5.41) is 0. The van der Waals surface area contributed by atoms with E-state index in [0.717, 1.165) is 30.2 Å². The quantitative estimate of drug-likeness (QED) is 0.336. The van der Waals surface area contributed by atoms with Crippen molar-refractivity contribution in [3.05, 3.63) is 65.2 Å². The van der Waals surface area contributed by atoms with E-state index in [0.29, 0.717) is 0 Å². The molecule has 2 aromatic rings. The Balaban J connectivity index is 1.41. The van der Waals surface area contributed by atoms with E-state index in [9.17, 15) is 8.78 Å². The van der Waals surface area contributed by atoms with Gasteiger partial charge in [-0.25, -0.2) is 0 Å². The summed E-state index contributed by atoms with van der Waals surface area (Å²) < 4.78 is 28.9. The van der Waals surface area contributed by atoms with Gasteiger partial charge in [-0.2, -0.15) is 8.78 Å². The number of hydrogen-bond acceptors (Lipinski definition) is 1. The van der Waals surface area contributed by atoms with Crippen LogP contribution >= 0.6 is 0 Å². The number of benzene rings is 2. The second-order valence-electron chi connectivity index (χ2n) is 8.83. The third kappa shape index (κ3) is 7.41. The maximum atomic E-state index is 12.2. The lowest BCUT2D eigenvalue weighted by molar-refractivity contribution is -0.0498. The summed E-state index contributed by atoms with van der Waals surface area (Å²) >= 11 is 0. The summed E-state index contributed by atoms with van der Waals surface area (Å²) in [5.41, 5.74) is 3.96. The number of alkyl halides is 2. The third-order valence-corrected chi connectivity index (χ3v) is 6.61. The topological polar surface area (TPSA) is 9.23 Å². The second-order valence-corrected chi connectivity index (χ2v) is 8.83. The molecule has 0 aliphatic heterocycles. The minimum absolute atomic E-state index is 0.216. The average Bonchev–Trinajstić information content (AvgIpc) is 2.77. The maximum absolute atomic E-state index is 12.2. The van der Waals surface area contributed by atoms with Crippen LogP contribution in [0.5, 0.6) is 5.75 Å². The molecule has 3 rings (SSSR count). The van der Waals surface area contributed by atoms with Crippen LogP contribution in [-0.2, 0) is 12.8 Å². The van der Waals surface area contributed by atoms with Crippen LogP contribution in [0.2, 0.25) is 0 Å².